The molecule has 5 heteroatoms. The lowest BCUT2D eigenvalue weighted by molar-refractivity contribution is 0.209. The molecule has 1 fully saturated rings. The van der Waals surface area contributed by atoms with E-state index >= 15 is 0 Å². The molecule has 1 aromatic heterocycles. The third kappa shape index (κ3) is 5.58. The van der Waals surface area contributed by atoms with E-state index < -0.39 is 0 Å². The van der Waals surface area contributed by atoms with Gasteiger partial charge in [-0.2, -0.15) is 0 Å². The topological polar surface area (TPSA) is 60.2 Å². The number of ether oxygens (including phenoxy) is 1. The predicted molar refractivity (Wildman–Crippen MR) is 141 cm³/mol. The number of anilines is 3. The Morgan fingerprint density at radius 3 is 2.39 bits per heavy atom. The minimum absolute atomic E-state index is 0. The molecule has 0 saturated heterocycles. The van der Waals surface area contributed by atoms with E-state index in [1.165, 1.54) is 32.1 Å². The summed E-state index contributed by atoms with van der Waals surface area (Å²) in [5.41, 5.74) is 11.7. The largest absolute Gasteiger partial charge is 0.493 e. The second-order valence-corrected chi connectivity index (χ2v) is 8.66. The van der Waals surface area contributed by atoms with E-state index in [1.807, 2.05) is 48.5 Å². The molecule has 3 aromatic carbocycles. The van der Waals surface area contributed by atoms with Gasteiger partial charge in [0.2, 0.25) is 0 Å². The highest BCUT2D eigenvalue weighted by atomic mass is 35.5. The molecule has 4 nitrogen and oxygen atoms in total. The maximum absolute atomic E-state index is 6.08. The highest BCUT2D eigenvalue weighted by molar-refractivity contribution is 5.97. The SMILES string of the molecule is Cl.Nc1ccc2nc(-c3ccccc3)cc(Nc3ccc(OCC4CCCCC4)cc3)c2c1. The maximum Gasteiger partial charge on any atom is 0.119 e. The second kappa shape index (κ2) is 10.6. The Morgan fingerprint density at radius 1 is 0.879 bits per heavy atom. The summed E-state index contributed by atoms with van der Waals surface area (Å²) in [6.45, 7) is 0.821. The van der Waals surface area contributed by atoms with E-state index in [9.17, 15) is 0 Å². The van der Waals surface area contributed by atoms with Crippen molar-refractivity contribution < 1.29 is 4.74 Å². The molecular formula is C28H30ClN3O. The van der Waals surface area contributed by atoms with Crippen LogP contribution in [0.2, 0.25) is 0 Å². The van der Waals surface area contributed by atoms with Crippen LogP contribution in [0.25, 0.3) is 22.2 Å². The highest BCUT2D eigenvalue weighted by Gasteiger charge is 2.14. The van der Waals surface area contributed by atoms with Crippen molar-refractivity contribution in [2.24, 2.45) is 5.92 Å². The lowest BCUT2D eigenvalue weighted by atomic mass is 9.90. The molecule has 170 valence electrons. The van der Waals surface area contributed by atoms with Crippen LogP contribution >= 0.6 is 12.4 Å². The number of halogens is 1. The first-order valence-electron chi connectivity index (χ1n) is 11.5. The maximum atomic E-state index is 6.08. The Bertz CT molecular complexity index is 1190. The van der Waals surface area contributed by atoms with E-state index in [0.717, 1.165) is 51.6 Å². The Labute approximate surface area is 201 Å². The number of hydrogen-bond acceptors (Lipinski definition) is 4. The van der Waals surface area contributed by atoms with Gasteiger partial charge in [-0.3, -0.25) is 0 Å². The number of nitrogens with zero attached hydrogens (tertiary/aromatic N) is 1. The van der Waals surface area contributed by atoms with Gasteiger partial charge >= 0.3 is 0 Å². The molecule has 0 amide bonds. The monoisotopic (exact) mass is 459 g/mol. The third-order valence-electron chi connectivity index (χ3n) is 6.25. The van der Waals surface area contributed by atoms with Crippen molar-refractivity contribution in [3.8, 4) is 17.0 Å². The molecule has 3 N–H and O–H groups in total. The average Bonchev–Trinajstić information content (AvgIpc) is 2.85. The number of benzene rings is 3. The predicted octanol–water partition coefficient (Wildman–Crippen LogP) is 7.61. The van der Waals surface area contributed by atoms with Gasteiger partial charge in [0.25, 0.3) is 0 Å². The minimum atomic E-state index is 0. The van der Waals surface area contributed by atoms with E-state index in [4.69, 9.17) is 15.5 Å². The summed E-state index contributed by atoms with van der Waals surface area (Å²) < 4.78 is 6.06. The van der Waals surface area contributed by atoms with Gasteiger partial charge in [-0.25, -0.2) is 4.98 Å². The smallest absolute Gasteiger partial charge is 0.119 e. The minimum Gasteiger partial charge on any atom is -0.493 e. The van der Waals surface area contributed by atoms with Gasteiger partial charge in [-0.1, -0.05) is 49.6 Å². The number of rotatable bonds is 6. The lowest BCUT2D eigenvalue weighted by Gasteiger charge is -2.21. The number of nitrogen functional groups attached to an aromatic ring is 1. The molecule has 1 heterocycles. The van der Waals surface area contributed by atoms with Crippen LogP contribution in [0.4, 0.5) is 17.1 Å². The van der Waals surface area contributed by atoms with Gasteiger partial charge in [0, 0.05) is 22.3 Å². The third-order valence-corrected chi connectivity index (χ3v) is 6.25. The van der Waals surface area contributed by atoms with Crippen molar-refractivity contribution in [3.63, 3.8) is 0 Å². The molecule has 4 aromatic rings. The first-order valence-corrected chi connectivity index (χ1v) is 11.5. The average molecular weight is 460 g/mol. The zero-order valence-corrected chi connectivity index (χ0v) is 19.5. The quantitative estimate of drug-likeness (QED) is 0.291. The number of hydrogen-bond donors (Lipinski definition) is 2. The number of aromatic nitrogens is 1. The summed E-state index contributed by atoms with van der Waals surface area (Å²) in [5, 5.41) is 4.57. The molecule has 1 aliphatic carbocycles. The molecular weight excluding hydrogens is 430 g/mol. The zero-order chi connectivity index (χ0) is 21.8. The molecule has 33 heavy (non-hydrogen) atoms. The first kappa shape index (κ1) is 22.9. The summed E-state index contributed by atoms with van der Waals surface area (Å²) in [5.74, 6) is 1.63. The second-order valence-electron chi connectivity index (χ2n) is 8.66. The Kier molecular flexibility index (Phi) is 7.36. The van der Waals surface area contributed by atoms with Crippen LogP contribution in [0, 0.1) is 5.92 Å². The molecule has 1 aliphatic rings. The van der Waals surface area contributed by atoms with Gasteiger partial charge in [0.15, 0.2) is 0 Å². The van der Waals surface area contributed by atoms with Crippen LogP contribution in [0.15, 0.2) is 78.9 Å². The molecule has 0 radical (unpaired) electrons. The van der Waals surface area contributed by atoms with Crippen molar-refractivity contribution in [3.05, 3.63) is 78.9 Å². The van der Waals surface area contributed by atoms with Crippen molar-refractivity contribution in [2.75, 3.05) is 17.7 Å². The number of pyridine rings is 1. The van der Waals surface area contributed by atoms with Crippen molar-refractivity contribution in [2.45, 2.75) is 32.1 Å². The van der Waals surface area contributed by atoms with E-state index in [1.54, 1.807) is 0 Å². The zero-order valence-electron chi connectivity index (χ0n) is 18.7. The van der Waals surface area contributed by atoms with E-state index in [2.05, 4.69) is 35.6 Å². The van der Waals surface area contributed by atoms with Crippen LogP contribution < -0.4 is 15.8 Å². The van der Waals surface area contributed by atoms with Crippen molar-refractivity contribution in [1.29, 1.82) is 0 Å². The van der Waals surface area contributed by atoms with Gasteiger partial charge in [0.05, 0.1) is 23.5 Å². The molecule has 0 unspecified atom stereocenters. The lowest BCUT2D eigenvalue weighted by Crippen LogP contribution is -2.15. The Hall–Kier alpha value is -3.24. The molecule has 0 bridgehead atoms. The van der Waals surface area contributed by atoms with Crippen LogP contribution in [-0.2, 0) is 0 Å². The Morgan fingerprint density at radius 2 is 1.64 bits per heavy atom. The fraction of sp³-hybridized carbons (Fsp3) is 0.250. The standard InChI is InChI=1S/C28H29N3O.ClH/c29-22-11-16-26-25(17-22)28(18-27(31-26)21-9-5-2-6-10-21)30-23-12-14-24(15-13-23)32-19-20-7-3-1-4-8-20;/h2,5-6,9-18,20H,1,3-4,7-8,19,29H2,(H,30,31);1H. The summed E-state index contributed by atoms with van der Waals surface area (Å²) >= 11 is 0. The fourth-order valence-electron chi connectivity index (χ4n) is 4.46. The van der Waals surface area contributed by atoms with E-state index in [0.29, 0.717) is 5.92 Å². The van der Waals surface area contributed by atoms with Gasteiger partial charge in [-0.05, 0) is 67.3 Å². The summed E-state index contributed by atoms with van der Waals surface area (Å²) in [7, 11) is 0. The number of nitrogens with one attached hydrogen (secondary N) is 1. The van der Waals surface area contributed by atoms with Crippen LogP contribution in [0.3, 0.4) is 0 Å². The summed E-state index contributed by atoms with van der Waals surface area (Å²) in [6, 6.07) is 26.4. The fourth-order valence-corrected chi connectivity index (χ4v) is 4.46. The van der Waals surface area contributed by atoms with Gasteiger partial charge in [0.1, 0.15) is 5.75 Å². The Balaban J connectivity index is 0.00000259. The summed E-state index contributed by atoms with van der Waals surface area (Å²) in [4.78, 5) is 4.86. The number of fused-ring (bicyclic) bond motifs is 1. The highest BCUT2D eigenvalue weighted by Crippen LogP contribution is 2.32. The van der Waals surface area contributed by atoms with Crippen LogP contribution in [-0.4, -0.2) is 11.6 Å². The van der Waals surface area contributed by atoms with Crippen molar-refractivity contribution in [1.82, 2.24) is 4.98 Å². The molecule has 0 aliphatic heterocycles. The molecule has 1 saturated carbocycles. The normalized spacial score (nSPS) is 13.9. The summed E-state index contributed by atoms with van der Waals surface area (Å²) in [6.07, 6.45) is 6.64. The van der Waals surface area contributed by atoms with Gasteiger partial charge in [-0.15, -0.1) is 12.4 Å². The van der Waals surface area contributed by atoms with Crippen LogP contribution in [0.1, 0.15) is 32.1 Å². The van der Waals surface area contributed by atoms with Crippen molar-refractivity contribution >= 4 is 40.4 Å². The van der Waals surface area contributed by atoms with Crippen LogP contribution in [0.5, 0.6) is 5.75 Å². The van der Waals surface area contributed by atoms with E-state index in [-0.39, 0.29) is 12.4 Å². The molecule has 5 rings (SSSR count). The molecule has 0 atom stereocenters. The first-order chi connectivity index (χ1) is 15.7. The van der Waals surface area contributed by atoms with Gasteiger partial charge < -0.3 is 15.8 Å². The number of nitrogens with two attached hydrogens (primary N) is 1. The molecule has 0 spiro atoms.